The lowest BCUT2D eigenvalue weighted by Crippen LogP contribution is -2.55. The predicted octanol–water partition coefficient (Wildman–Crippen LogP) is 14.2. The van der Waals surface area contributed by atoms with Crippen LogP contribution in [0, 0.1) is 23.2 Å². The van der Waals surface area contributed by atoms with Crippen LogP contribution < -0.4 is 0 Å². The van der Waals surface area contributed by atoms with E-state index in [-0.39, 0.29) is 10.8 Å². The molecule has 4 aliphatic carbocycles. The van der Waals surface area contributed by atoms with E-state index in [1.165, 1.54) is 88.1 Å². The summed E-state index contributed by atoms with van der Waals surface area (Å²) in [4.78, 5) is 14.8. The van der Waals surface area contributed by atoms with Gasteiger partial charge in [-0.1, -0.05) is 158 Å². The zero-order valence-electron chi connectivity index (χ0n) is 34.5. The van der Waals surface area contributed by atoms with E-state index in [0.717, 1.165) is 33.9 Å². The van der Waals surface area contributed by atoms with Crippen molar-refractivity contribution in [2.75, 3.05) is 0 Å². The van der Waals surface area contributed by atoms with Crippen molar-refractivity contribution in [2.45, 2.75) is 49.4 Å². The van der Waals surface area contributed by atoms with Gasteiger partial charge in [-0.3, -0.25) is 0 Å². The Kier molecular flexibility index (Phi) is 8.54. The third-order valence-corrected chi connectivity index (χ3v) is 14.5. The van der Waals surface area contributed by atoms with Gasteiger partial charge in [-0.05, 0) is 140 Å². The van der Waals surface area contributed by atoms with E-state index in [9.17, 15) is 5.26 Å². The summed E-state index contributed by atoms with van der Waals surface area (Å²) in [6.45, 7) is 0. The van der Waals surface area contributed by atoms with Gasteiger partial charge in [-0.15, -0.1) is 0 Å². The Balaban J connectivity index is 0.822. The Morgan fingerprint density at radius 3 is 1.29 bits per heavy atom. The highest BCUT2D eigenvalue weighted by Crippen LogP contribution is 2.66. The van der Waals surface area contributed by atoms with Crippen LogP contribution in [0.4, 0.5) is 0 Å². The lowest BCUT2D eigenvalue weighted by molar-refractivity contribution is -0.0281. The minimum atomic E-state index is 0.239. The first-order valence-electron chi connectivity index (χ1n) is 22.1. The molecule has 1 aromatic heterocycles. The lowest BCUT2D eigenvalue weighted by atomic mass is 9.41. The predicted molar refractivity (Wildman–Crippen MR) is 251 cm³/mol. The smallest absolute Gasteiger partial charge is 0.164 e. The third kappa shape index (κ3) is 6.31. The van der Waals surface area contributed by atoms with Gasteiger partial charge < -0.3 is 0 Å². The molecule has 0 aliphatic heterocycles. The lowest BCUT2D eigenvalue weighted by Gasteiger charge is -2.63. The second-order valence-corrected chi connectivity index (χ2v) is 18.3. The van der Waals surface area contributed by atoms with Gasteiger partial charge in [0, 0.05) is 16.7 Å². The fraction of sp³-hybridized carbons (Fsp3) is 0.172. The number of aromatic nitrogens is 3. The Labute approximate surface area is 362 Å². The average molecular weight is 797 g/mol. The van der Waals surface area contributed by atoms with Crippen LogP contribution in [0.3, 0.4) is 0 Å². The monoisotopic (exact) mass is 796 g/mol. The average Bonchev–Trinajstić information content (AvgIpc) is 3.33. The zero-order valence-corrected chi connectivity index (χ0v) is 34.5. The highest BCUT2D eigenvalue weighted by molar-refractivity contribution is 6.09. The quantitative estimate of drug-likeness (QED) is 0.151. The van der Waals surface area contributed by atoms with E-state index in [4.69, 9.17) is 15.0 Å². The minimum absolute atomic E-state index is 0.239. The van der Waals surface area contributed by atoms with E-state index < -0.39 is 0 Å². The van der Waals surface area contributed by atoms with Crippen molar-refractivity contribution in [1.29, 1.82) is 5.26 Å². The van der Waals surface area contributed by atoms with Crippen LogP contribution in [0.15, 0.2) is 182 Å². The Bertz CT molecular complexity index is 3110. The summed E-state index contributed by atoms with van der Waals surface area (Å²) in [6.07, 6.45) is 7.88. The summed E-state index contributed by atoms with van der Waals surface area (Å²) < 4.78 is 0. The summed E-state index contributed by atoms with van der Waals surface area (Å²) in [7, 11) is 0. The summed E-state index contributed by atoms with van der Waals surface area (Å²) in [5.41, 5.74) is 12.0. The van der Waals surface area contributed by atoms with Crippen LogP contribution in [0.1, 0.15) is 55.2 Å². The molecule has 4 aliphatic rings. The molecular formula is C58H44N4. The molecule has 2 unspecified atom stereocenters. The van der Waals surface area contributed by atoms with Crippen molar-refractivity contribution >= 4 is 21.5 Å². The first kappa shape index (κ1) is 36.6. The van der Waals surface area contributed by atoms with Gasteiger partial charge in [0.05, 0.1) is 11.6 Å². The maximum absolute atomic E-state index is 9.25. The van der Waals surface area contributed by atoms with Crippen molar-refractivity contribution in [3.8, 4) is 62.5 Å². The highest BCUT2D eigenvalue weighted by Gasteiger charge is 2.58. The molecule has 4 bridgehead atoms. The fourth-order valence-corrected chi connectivity index (χ4v) is 12.0. The molecule has 296 valence electrons. The normalized spacial score (nSPS) is 21.3. The molecule has 4 nitrogen and oxygen atoms in total. The molecule has 8 aromatic carbocycles. The van der Waals surface area contributed by atoms with Crippen LogP contribution in [-0.4, -0.2) is 15.0 Å². The number of fused-ring (bicyclic) bond motifs is 3. The van der Waals surface area contributed by atoms with Gasteiger partial charge in [-0.2, -0.15) is 5.26 Å². The summed E-state index contributed by atoms with van der Waals surface area (Å²) >= 11 is 0. The van der Waals surface area contributed by atoms with Crippen molar-refractivity contribution in [3.63, 3.8) is 0 Å². The molecule has 4 fully saturated rings. The third-order valence-electron chi connectivity index (χ3n) is 14.5. The number of rotatable bonds is 7. The standard InChI is InChI=1S/C58H44N4/c59-36-38-11-13-41(14-12-38)42-17-23-50(24-18-42)57-32-39-29-40(33-57)35-58(34-39,37-57)51-25-19-43(20-26-51)46-21-27-52-47(30-46)15-16-48-31-49(22-28-53(48)52)56-61-54(44-7-3-1-4-8-44)60-55(62-56)45-9-5-2-6-10-45/h1-28,30-31,39-40H,29,32-35,37H2. The van der Waals surface area contributed by atoms with Crippen LogP contribution in [0.25, 0.3) is 78.0 Å². The molecule has 0 radical (unpaired) electrons. The fourth-order valence-electron chi connectivity index (χ4n) is 12.0. The number of nitrogens with zero attached hydrogens (tertiary/aromatic N) is 4. The second kappa shape index (κ2) is 14.5. The largest absolute Gasteiger partial charge is 0.208 e. The summed E-state index contributed by atoms with van der Waals surface area (Å²) in [6, 6.07) is 67.6. The Morgan fingerprint density at radius 2 is 0.806 bits per heavy atom. The van der Waals surface area contributed by atoms with Gasteiger partial charge in [0.15, 0.2) is 17.5 Å². The number of benzene rings is 8. The number of nitriles is 1. The van der Waals surface area contributed by atoms with Gasteiger partial charge in [0.2, 0.25) is 0 Å². The number of hydrogen-bond acceptors (Lipinski definition) is 4. The molecule has 1 heterocycles. The molecule has 13 rings (SSSR count). The van der Waals surface area contributed by atoms with Crippen molar-refractivity contribution in [1.82, 2.24) is 15.0 Å². The zero-order chi connectivity index (χ0) is 41.3. The van der Waals surface area contributed by atoms with Gasteiger partial charge >= 0.3 is 0 Å². The second-order valence-electron chi connectivity index (χ2n) is 18.3. The SMILES string of the molecule is N#Cc1ccc(-c2ccc(C34CC5CC(C3)CC(c3ccc(-c6ccc7c(ccc8cc(-c9nc(-c%10ccccc%10)nc(-c%10ccccc%10)n9)ccc87)c6)cc3)(C5)C4)cc2)cc1. The topological polar surface area (TPSA) is 62.5 Å². The molecule has 4 heteroatoms. The van der Waals surface area contributed by atoms with Gasteiger partial charge in [0.25, 0.3) is 0 Å². The van der Waals surface area contributed by atoms with Crippen LogP contribution in [-0.2, 0) is 10.8 Å². The van der Waals surface area contributed by atoms with Crippen molar-refractivity contribution in [3.05, 3.63) is 199 Å². The van der Waals surface area contributed by atoms with Gasteiger partial charge in [0.1, 0.15) is 0 Å². The van der Waals surface area contributed by atoms with Crippen molar-refractivity contribution in [2.24, 2.45) is 11.8 Å². The van der Waals surface area contributed by atoms with Gasteiger partial charge in [-0.25, -0.2) is 15.0 Å². The van der Waals surface area contributed by atoms with Crippen LogP contribution >= 0.6 is 0 Å². The molecule has 0 N–H and O–H groups in total. The molecule has 4 saturated carbocycles. The van der Waals surface area contributed by atoms with Crippen LogP contribution in [0.2, 0.25) is 0 Å². The van der Waals surface area contributed by atoms with E-state index in [1.54, 1.807) is 0 Å². The summed E-state index contributed by atoms with van der Waals surface area (Å²) in [5, 5.41) is 14.1. The van der Waals surface area contributed by atoms with Crippen LogP contribution in [0.5, 0.6) is 0 Å². The Hall–Kier alpha value is -7.22. The molecule has 9 aromatic rings. The molecule has 2 atom stereocenters. The maximum atomic E-state index is 9.25. The maximum Gasteiger partial charge on any atom is 0.164 e. The molecular weight excluding hydrogens is 753 g/mol. The van der Waals surface area contributed by atoms with E-state index in [2.05, 4.69) is 115 Å². The number of hydrogen-bond donors (Lipinski definition) is 0. The van der Waals surface area contributed by atoms with E-state index >= 15 is 0 Å². The molecule has 0 amide bonds. The Morgan fingerprint density at radius 1 is 0.403 bits per heavy atom. The molecule has 0 saturated heterocycles. The first-order valence-corrected chi connectivity index (χ1v) is 22.1. The first-order chi connectivity index (χ1) is 30.5. The van der Waals surface area contributed by atoms with Crippen molar-refractivity contribution < 1.29 is 0 Å². The minimum Gasteiger partial charge on any atom is -0.208 e. The highest BCUT2D eigenvalue weighted by atomic mass is 15.0. The van der Waals surface area contributed by atoms with E-state index in [1.807, 2.05) is 72.8 Å². The summed E-state index contributed by atoms with van der Waals surface area (Å²) in [5.74, 6) is 3.57. The van der Waals surface area contributed by atoms with E-state index in [0.29, 0.717) is 23.0 Å². The molecule has 62 heavy (non-hydrogen) atoms. The molecule has 0 spiro atoms.